The van der Waals surface area contributed by atoms with Crippen molar-refractivity contribution in [2.75, 3.05) is 7.05 Å². The summed E-state index contributed by atoms with van der Waals surface area (Å²) in [6, 6.07) is 7.34. The van der Waals surface area contributed by atoms with E-state index in [0.29, 0.717) is 12.5 Å². The van der Waals surface area contributed by atoms with Gasteiger partial charge in [-0.3, -0.25) is 4.79 Å². The molecule has 0 aromatic heterocycles. The van der Waals surface area contributed by atoms with Crippen LogP contribution in [0.2, 0.25) is 0 Å². The molecule has 0 aliphatic heterocycles. The lowest BCUT2D eigenvalue weighted by atomic mass is 10.1. The highest BCUT2D eigenvalue weighted by molar-refractivity contribution is 5.79. The van der Waals surface area contributed by atoms with Crippen LogP contribution < -0.4 is 0 Å². The molecule has 1 aromatic rings. The predicted octanol–water partition coefficient (Wildman–Crippen LogP) is 2.34. The predicted molar refractivity (Wildman–Crippen MR) is 66.8 cm³/mol. The summed E-state index contributed by atoms with van der Waals surface area (Å²) >= 11 is 0. The number of phenols is 1. The molecule has 3 heteroatoms. The molecule has 1 aliphatic rings. The van der Waals surface area contributed by atoms with Crippen LogP contribution in [-0.4, -0.2) is 29.0 Å². The van der Waals surface area contributed by atoms with Crippen molar-refractivity contribution >= 4 is 5.91 Å². The fourth-order valence-corrected chi connectivity index (χ4v) is 2.46. The van der Waals surface area contributed by atoms with E-state index in [-0.39, 0.29) is 11.7 Å². The first kappa shape index (κ1) is 12.0. The van der Waals surface area contributed by atoms with Crippen molar-refractivity contribution in [1.82, 2.24) is 4.90 Å². The van der Waals surface area contributed by atoms with Crippen molar-refractivity contribution in [3.05, 3.63) is 29.8 Å². The van der Waals surface area contributed by atoms with E-state index in [1.807, 2.05) is 18.0 Å². The van der Waals surface area contributed by atoms with Gasteiger partial charge in [-0.05, 0) is 30.5 Å². The van der Waals surface area contributed by atoms with Crippen LogP contribution in [0, 0.1) is 0 Å². The van der Waals surface area contributed by atoms with Crippen LogP contribution in [0.5, 0.6) is 5.75 Å². The van der Waals surface area contributed by atoms with Gasteiger partial charge in [0.15, 0.2) is 0 Å². The van der Waals surface area contributed by atoms with Gasteiger partial charge < -0.3 is 10.0 Å². The number of benzene rings is 1. The number of nitrogens with zero attached hydrogens (tertiary/aromatic N) is 1. The summed E-state index contributed by atoms with van der Waals surface area (Å²) in [4.78, 5) is 13.9. The quantitative estimate of drug-likeness (QED) is 0.870. The van der Waals surface area contributed by atoms with Gasteiger partial charge in [-0.15, -0.1) is 0 Å². The monoisotopic (exact) mass is 233 g/mol. The number of carbonyl (C=O) groups excluding carboxylic acids is 1. The number of hydrogen-bond acceptors (Lipinski definition) is 2. The maximum Gasteiger partial charge on any atom is 0.226 e. The third-order valence-electron chi connectivity index (χ3n) is 3.53. The van der Waals surface area contributed by atoms with Gasteiger partial charge in [-0.1, -0.05) is 25.0 Å². The number of rotatable bonds is 3. The molecule has 1 aliphatic carbocycles. The first-order valence-electron chi connectivity index (χ1n) is 6.20. The Morgan fingerprint density at radius 3 is 2.76 bits per heavy atom. The second-order valence-electron chi connectivity index (χ2n) is 4.79. The fourth-order valence-electron chi connectivity index (χ4n) is 2.46. The maximum atomic E-state index is 12.1. The largest absolute Gasteiger partial charge is 0.508 e. The van der Waals surface area contributed by atoms with Gasteiger partial charge in [0, 0.05) is 13.1 Å². The summed E-state index contributed by atoms with van der Waals surface area (Å²) in [6.07, 6.45) is 5.09. The Kier molecular flexibility index (Phi) is 3.67. The number of hydrogen-bond donors (Lipinski definition) is 1. The highest BCUT2D eigenvalue weighted by Gasteiger charge is 2.23. The summed E-state index contributed by atoms with van der Waals surface area (Å²) in [5, 5.41) is 9.35. The lowest BCUT2D eigenvalue weighted by Crippen LogP contribution is -2.36. The normalized spacial score (nSPS) is 16.1. The Labute approximate surface area is 102 Å². The Bertz CT molecular complexity index is 397. The third kappa shape index (κ3) is 2.99. The van der Waals surface area contributed by atoms with Gasteiger partial charge in [-0.2, -0.15) is 0 Å². The molecule has 2 rings (SSSR count). The molecule has 0 radical (unpaired) electrons. The number of carbonyl (C=O) groups is 1. The second-order valence-corrected chi connectivity index (χ2v) is 4.79. The molecule has 92 valence electrons. The van der Waals surface area contributed by atoms with Crippen molar-refractivity contribution in [2.45, 2.75) is 38.1 Å². The van der Waals surface area contributed by atoms with Crippen LogP contribution in [0.15, 0.2) is 24.3 Å². The molecule has 0 saturated heterocycles. The van der Waals surface area contributed by atoms with Crippen LogP contribution in [0.4, 0.5) is 0 Å². The van der Waals surface area contributed by atoms with Crippen LogP contribution >= 0.6 is 0 Å². The van der Waals surface area contributed by atoms with Gasteiger partial charge in [0.1, 0.15) is 5.75 Å². The van der Waals surface area contributed by atoms with E-state index in [2.05, 4.69) is 0 Å². The van der Waals surface area contributed by atoms with E-state index in [9.17, 15) is 9.90 Å². The minimum absolute atomic E-state index is 0.141. The fraction of sp³-hybridized carbons (Fsp3) is 0.500. The average molecular weight is 233 g/mol. The Hall–Kier alpha value is -1.51. The number of phenolic OH excluding ortho intramolecular Hbond substituents is 1. The molecule has 0 bridgehead atoms. The van der Waals surface area contributed by atoms with E-state index >= 15 is 0 Å². The standard InChI is InChI=1S/C14H19NO2/c1-15(12-6-2-3-7-12)14(17)10-11-5-4-8-13(16)9-11/h4-5,8-9,12,16H,2-3,6-7,10H2,1H3. The Morgan fingerprint density at radius 1 is 1.41 bits per heavy atom. The van der Waals surface area contributed by atoms with Crippen LogP contribution in [0.3, 0.4) is 0 Å². The zero-order chi connectivity index (χ0) is 12.3. The third-order valence-corrected chi connectivity index (χ3v) is 3.53. The van der Waals surface area contributed by atoms with E-state index < -0.39 is 0 Å². The molecule has 0 atom stereocenters. The van der Waals surface area contributed by atoms with Crippen LogP contribution in [-0.2, 0) is 11.2 Å². The highest BCUT2D eigenvalue weighted by Crippen LogP contribution is 2.23. The minimum Gasteiger partial charge on any atom is -0.508 e. The molecule has 3 nitrogen and oxygen atoms in total. The molecule has 0 unspecified atom stereocenters. The van der Waals surface area contributed by atoms with E-state index in [1.165, 1.54) is 12.8 Å². The summed E-state index contributed by atoms with van der Waals surface area (Å²) in [5.41, 5.74) is 0.875. The maximum absolute atomic E-state index is 12.1. The van der Waals surface area contributed by atoms with Crippen molar-refractivity contribution < 1.29 is 9.90 Å². The Morgan fingerprint density at radius 2 is 2.12 bits per heavy atom. The van der Waals surface area contributed by atoms with Crippen LogP contribution in [0.25, 0.3) is 0 Å². The van der Waals surface area contributed by atoms with E-state index in [0.717, 1.165) is 18.4 Å². The number of amides is 1. The minimum atomic E-state index is 0.141. The Balaban J connectivity index is 1.96. The molecular formula is C14H19NO2. The first-order valence-corrected chi connectivity index (χ1v) is 6.20. The SMILES string of the molecule is CN(C(=O)Cc1cccc(O)c1)C1CCCC1. The van der Waals surface area contributed by atoms with Crippen molar-refractivity contribution in [2.24, 2.45) is 0 Å². The van der Waals surface area contributed by atoms with Crippen molar-refractivity contribution in [3.63, 3.8) is 0 Å². The number of aromatic hydroxyl groups is 1. The van der Waals surface area contributed by atoms with Gasteiger partial charge in [0.25, 0.3) is 0 Å². The molecule has 0 spiro atoms. The van der Waals surface area contributed by atoms with E-state index in [4.69, 9.17) is 0 Å². The van der Waals surface area contributed by atoms with Gasteiger partial charge in [0.2, 0.25) is 5.91 Å². The molecule has 1 aromatic carbocycles. The van der Waals surface area contributed by atoms with Crippen molar-refractivity contribution in [1.29, 1.82) is 0 Å². The van der Waals surface area contributed by atoms with Crippen LogP contribution in [0.1, 0.15) is 31.2 Å². The zero-order valence-corrected chi connectivity index (χ0v) is 10.2. The van der Waals surface area contributed by atoms with Gasteiger partial charge in [-0.25, -0.2) is 0 Å². The van der Waals surface area contributed by atoms with E-state index in [1.54, 1.807) is 18.2 Å². The summed E-state index contributed by atoms with van der Waals surface area (Å²) < 4.78 is 0. The molecule has 1 N–H and O–H groups in total. The molecule has 0 heterocycles. The van der Waals surface area contributed by atoms with Crippen molar-refractivity contribution in [3.8, 4) is 5.75 Å². The molecule has 1 amide bonds. The smallest absolute Gasteiger partial charge is 0.226 e. The second kappa shape index (κ2) is 5.21. The molecule has 1 fully saturated rings. The summed E-state index contributed by atoms with van der Waals surface area (Å²) in [5.74, 6) is 0.362. The topological polar surface area (TPSA) is 40.5 Å². The summed E-state index contributed by atoms with van der Waals surface area (Å²) in [6.45, 7) is 0. The lowest BCUT2D eigenvalue weighted by Gasteiger charge is -2.24. The zero-order valence-electron chi connectivity index (χ0n) is 10.2. The molecule has 17 heavy (non-hydrogen) atoms. The van der Waals surface area contributed by atoms with Gasteiger partial charge >= 0.3 is 0 Å². The molecule has 1 saturated carbocycles. The molecular weight excluding hydrogens is 214 g/mol. The number of likely N-dealkylation sites (N-methyl/N-ethyl adjacent to an activating group) is 1. The highest BCUT2D eigenvalue weighted by atomic mass is 16.3. The average Bonchev–Trinajstić information content (AvgIpc) is 2.81. The van der Waals surface area contributed by atoms with Gasteiger partial charge in [0.05, 0.1) is 6.42 Å². The lowest BCUT2D eigenvalue weighted by molar-refractivity contribution is -0.131. The first-order chi connectivity index (χ1) is 8.16. The summed E-state index contributed by atoms with van der Waals surface area (Å²) in [7, 11) is 1.89.